The summed E-state index contributed by atoms with van der Waals surface area (Å²) in [6.45, 7) is 2.34. The van der Waals surface area contributed by atoms with Crippen LogP contribution in [-0.2, 0) is 17.5 Å². The Kier molecular flexibility index (Phi) is 3.32. The van der Waals surface area contributed by atoms with E-state index in [4.69, 9.17) is 0 Å². The van der Waals surface area contributed by atoms with E-state index in [9.17, 15) is 18.0 Å². The van der Waals surface area contributed by atoms with Crippen LogP contribution in [0.1, 0.15) is 30.9 Å². The second-order valence-corrected chi connectivity index (χ2v) is 4.60. The van der Waals surface area contributed by atoms with Gasteiger partial charge in [-0.05, 0) is 31.0 Å². The molecule has 0 N–H and O–H groups in total. The van der Waals surface area contributed by atoms with E-state index in [1.807, 2.05) is 6.92 Å². The van der Waals surface area contributed by atoms with Crippen molar-refractivity contribution in [3.8, 4) is 0 Å². The molecular weight excluding hydrogens is 243 g/mol. The van der Waals surface area contributed by atoms with E-state index in [0.29, 0.717) is 13.0 Å². The molecule has 1 amide bonds. The van der Waals surface area contributed by atoms with Gasteiger partial charge in [0.2, 0.25) is 5.91 Å². The zero-order valence-electron chi connectivity index (χ0n) is 10.00. The summed E-state index contributed by atoms with van der Waals surface area (Å²) in [5.41, 5.74) is 0.0668. The summed E-state index contributed by atoms with van der Waals surface area (Å²) in [6, 6.07) is 5.14. The van der Waals surface area contributed by atoms with Gasteiger partial charge in [0.25, 0.3) is 0 Å². The van der Waals surface area contributed by atoms with E-state index in [2.05, 4.69) is 0 Å². The quantitative estimate of drug-likeness (QED) is 0.796. The Morgan fingerprint density at radius 3 is 2.33 bits per heavy atom. The SMILES string of the molecule is CC1CCC(=O)N1Cc1ccc(C(F)(F)F)cc1. The second kappa shape index (κ2) is 4.63. The first kappa shape index (κ1) is 12.9. The molecule has 1 fully saturated rings. The smallest absolute Gasteiger partial charge is 0.336 e. The van der Waals surface area contributed by atoms with Crippen molar-refractivity contribution in [1.29, 1.82) is 0 Å². The second-order valence-electron chi connectivity index (χ2n) is 4.60. The first-order valence-electron chi connectivity index (χ1n) is 5.83. The Balaban J connectivity index is 2.09. The maximum atomic E-state index is 12.4. The highest BCUT2D eigenvalue weighted by Gasteiger charge is 2.30. The number of carbonyl (C=O) groups is 1. The van der Waals surface area contributed by atoms with E-state index in [-0.39, 0.29) is 11.9 Å². The first-order valence-corrected chi connectivity index (χ1v) is 5.83. The minimum atomic E-state index is -4.31. The van der Waals surface area contributed by atoms with Gasteiger partial charge < -0.3 is 4.90 Å². The summed E-state index contributed by atoms with van der Waals surface area (Å²) in [7, 11) is 0. The van der Waals surface area contributed by atoms with Crippen LogP contribution >= 0.6 is 0 Å². The standard InChI is InChI=1S/C13H14F3NO/c1-9-2-7-12(18)17(9)8-10-3-5-11(6-4-10)13(14,15)16/h3-6,9H,2,7-8H2,1H3. The van der Waals surface area contributed by atoms with Crippen LogP contribution in [0.3, 0.4) is 0 Å². The van der Waals surface area contributed by atoms with E-state index in [1.165, 1.54) is 12.1 Å². The van der Waals surface area contributed by atoms with Gasteiger partial charge in [0.05, 0.1) is 5.56 Å². The van der Waals surface area contributed by atoms with E-state index in [1.54, 1.807) is 4.90 Å². The molecule has 0 bridgehead atoms. The van der Waals surface area contributed by atoms with E-state index < -0.39 is 11.7 Å². The van der Waals surface area contributed by atoms with Gasteiger partial charge in [-0.2, -0.15) is 13.2 Å². The Labute approximate surface area is 103 Å². The van der Waals surface area contributed by atoms with Gasteiger partial charge in [0.15, 0.2) is 0 Å². The van der Waals surface area contributed by atoms with Crippen molar-refractivity contribution in [3.05, 3.63) is 35.4 Å². The fraction of sp³-hybridized carbons (Fsp3) is 0.462. The minimum absolute atomic E-state index is 0.0717. The first-order chi connectivity index (χ1) is 8.38. The molecule has 98 valence electrons. The van der Waals surface area contributed by atoms with Crippen LogP contribution in [0.5, 0.6) is 0 Å². The van der Waals surface area contributed by atoms with Gasteiger partial charge in [0.1, 0.15) is 0 Å². The summed E-state index contributed by atoms with van der Waals surface area (Å²) >= 11 is 0. The number of nitrogens with zero attached hydrogens (tertiary/aromatic N) is 1. The number of amides is 1. The molecule has 1 heterocycles. The highest BCUT2D eigenvalue weighted by atomic mass is 19.4. The lowest BCUT2D eigenvalue weighted by Gasteiger charge is -2.21. The molecule has 1 aliphatic heterocycles. The van der Waals surface area contributed by atoms with Crippen molar-refractivity contribution >= 4 is 5.91 Å². The summed E-state index contributed by atoms with van der Waals surface area (Å²) in [4.78, 5) is 13.3. The summed E-state index contributed by atoms with van der Waals surface area (Å²) in [5.74, 6) is 0.0717. The molecule has 1 saturated heterocycles. The molecule has 2 rings (SSSR count). The normalized spacial score (nSPS) is 20.6. The van der Waals surface area contributed by atoms with Crippen LogP contribution in [0.25, 0.3) is 0 Å². The highest BCUT2D eigenvalue weighted by molar-refractivity contribution is 5.78. The third-order valence-corrected chi connectivity index (χ3v) is 3.26. The van der Waals surface area contributed by atoms with Gasteiger partial charge in [-0.1, -0.05) is 12.1 Å². The average molecular weight is 257 g/mol. The van der Waals surface area contributed by atoms with Crippen molar-refractivity contribution in [2.75, 3.05) is 0 Å². The maximum absolute atomic E-state index is 12.4. The third kappa shape index (κ3) is 2.66. The Morgan fingerprint density at radius 1 is 1.28 bits per heavy atom. The van der Waals surface area contributed by atoms with Crippen LogP contribution in [0, 0.1) is 0 Å². The molecule has 1 atom stereocenters. The van der Waals surface area contributed by atoms with Crippen LogP contribution in [-0.4, -0.2) is 16.8 Å². The van der Waals surface area contributed by atoms with Gasteiger partial charge in [-0.25, -0.2) is 0 Å². The molecule has 0 spiro atoms. The lowest BCUT2D eigenvalue weighted by Crippen LogP contribution is -2.30. The fourth-order valence-corrected chi connectivity index (χ4v) is 2.12. The molecule has 0 saturated carbocycles. The number of hydrogen-bond donors (Lipinski definition) is 0. The van der Waals surface area contributed by atoms with Gasteiger partial charge in [-0.3, -0.25) is 4.79 Å². The number of rotatable bonds is 2. The minimum Gasteiger partial charge on any atom is -0.336 e. The number of likely N-dealkylation sites (tertiary alicyclic amines) is 1. The molecule has 0 aromatic heterocycles. The van der Waals surface area contributed by atoms with Crippen molar-refractivity contribution in [1.82, 2.24) is 4.90 Å². The number of halogens is 3. The lowest BCUT2D eigenvalue weighted by atomic mass is 10.1. The van der Waals surface area contributed by atoms with Crippen LogP contribution < -0.4 is 0 Å². The van der Waals surface area contributed by atoms with Gasteiger partial charge in [0, 0.05) is 19.0 Å². The average Bonchev–Trinajstić information content (AvgIpc) is 2.60. The molecule has 5 heteroatoms. The number of carbonyl (C=O) groups excluding carboxylic acids is 1. The molecule has 2 nitrogen and oxygen atoms in total. The Morgan fingerprint density at radius 2 is 1.89 bits per heavy atom. The van der Waals surface area contributed by atoms with Gasteiger partial charge >= 0.3 is 6.18 Å². The topological polar surface area (TPSA) is 20.3 Å². The molecule has 0 radical (unpaired) electrons. The van der Waals surface area contributed by atoms with Crippen molar-refractivity contribution < 1.29 is 18.0 Å². The highest BCUT2D eigenvalue weighted by Crippen LogP contribution is 2.29. The van der Waals surface area contributed by atoms with Crippen molar-refractivity contribution in [2.24, 2.45) is 0 Å². The zero-order valence-corrected chi connectivity index (χ0v) is 10.00. The number of benzene rings is 1. The van der Waals surface area contributed by atoms with Crippen LogP contribution in [0.2, 0.25) is 0 Å². The molecule has 1 aromatic carbocycles. The molecule has 1 unspecified atom stereocenters. The van der Waals surface area contributed by atoms with E-state index in [0.717, 1.165) is 24.1 Å². The predicted octanol–water partition coefficient (Wildman–Crippen LogP) is 3.22. The molecule has 0 aliphatic carbocycles. The van der Waals surface area contributed by atoms with Crippen molar-refractivity contribution in [3.63, 3.8) is 0 Å². The van der Waals surface area contributed by atoms with Gasteiger partial charge in [-0.15, -0.1) is 0 Å². The maximum Gasteiger partial charge on any atom is 0.416 e. The molecule has 18 heavy (non-hydrogen) atoms. The number of alkyl halides is 3. The fourth-order valence-electron chi connectivity index (χ4n) is 2.12. The summed E-state index contributed by atoms with van der Waals surface area (Å²) in [6.07, 6.45) is -2.96. The largest absolute Gasteiger partial charge is 0.416 e. The van der Waals surface area contributed by atoms with E-state index >= 15 is 0 Å². The Hall–Kier alpha value is -1.52. The Bertz CT molecular complexity index is 439. The summed E-state index contributed by atoms with van der Waals surface area (Å²) in [5, 5.41) is 0. The molecule has 1 aromatic rings. The monoisotopic (exact) mass is 257 g/mol. The zero-order chi connectivity index (χ0) is 13.3. The number of hydrogen-bond acceptors (Lipinski definition) is 1. The molecular formula is C13H14F3NO. The van der Waals surface area contributed by atoms with Crippen LogP contribution in [0.15, 0.2) is 24.3 Å². The van der Waals surface area contributed by atoms with Crippen LogP contribution in [0.4, 0.5) is 13.2 Å². The lowest BCUT2D eigenvalue weighted by molar-refractivity contribution is -0.137. The predicted molar refractivity (Wildman–Crippen MR) is 60.7 cm³/mol. The molecule has 1 aliphatic rings. The van der Waals surface area contributed by atoms with Crippen molar-refractivity contribution in [2.45, 2.75) is 38.5 Å². The third-order valence-electron chi connectivity index (χ3n) is 3.26. The summed E-state index contributed by atoms with van der Waals surface area (Å²) < 4.78 is 37.2.